The number of carbonyl (C=O) groups is 1. The largest absolute Gasteiger partial charge is 0.478 e. The number of halogens is 1. The molecule has 0 amide bonds. The molecule has 2 aromatic heterocycles. The standard InChI is InChI=1S/C11H11ClN4O3S/c1-2-5-16-10(19)14-15-11(16)20-8-6(9(17)18)3-4-7(12)13-8/h3-4H,2,5H2,1H3,(H,14,19)(H,17,18). The molecule has 106 valence electrons. The Kier molecular flexibility index (Phi) is 4.46. The molecule has 0 saturated heterocycles. The van der Waals surface area contributed by atoms with Gasteiger partial charge < -0.3 is 5.11 Å². The van der Waals surface area contributed by atoms with E-state index in [9.17, 15) is 9.59 Å². The number of hydrogen-bond acceptors (Lipinski definition) is 5. The van der Waals surface area contributed by atoms with Gasteiger partial charge in [-0.2, -0.15) is 0 Å². The summed E-state index contributed by atoms with van der Waals surface area (Å²) >= 11 is 6.77. The van der Waals surface area contributed by atoms with Crippen LogP contribution in [0.2, 0.25) is 5.15 Å². The van der Waals surface area contributed by atoms with E-state index in [1.807, 2.05) is 6.92 Å². The number of rotatable bonds is 5. The van der Waals surface area contributed by atoms with Crippen LogP contribution in [-0.2, 0) is 6.54 Å². The van der Waals surface area contributed by atoms with E-state index in [2.05, 4.69) is 15.2 Å². The average Bonchev–Trinajstić information content (AvgIpc) is 2.72. The van der Waals surface area contributed by atoms with Gasteiger partial charge in [0.15, 0.2) is 5.16 Å². The smallest absolute Gasteiger partial charge is 0.343 e. The summed E-state index contributed by atoms with van der Waals surface area (Å²) in [6.45, 7) is 2.41. The highest BCUT2D eigenvalue weighted by molar-refractivity contribution is 7.99. The Balaban J connectivity index is 2.42. The van der Waals surface area contributed by atoms with Crippen LogP contribution >= 0.6 is 23.4 Å². The van der Waals surface area contributed by atoms with E-state index in [0.29, 0.717) is 11.7 Å². The van der Waals surface area contributed by atoms with Crippen molar-refractivity contribution in [1.29, 1.82) is 0 Å². The van der Waals surface area contributed by atoms with Crippen molar-refractivity contribution in [2.45, 2.75) is 30.1 Å². The first-order valence-electron chi connectivity index (χ1n) is 5.75. The van der Waals surface area contributed by atoms with Crippen LogP contribution in [0.1, 0.15) is 23.7 Å². The second-order valence-corrected chi connectivity index (χ2v) is 5.20. The van der Waals surface area contributed by atoms with Crippen LogP contribution < -0.4 is 5.69 Å². The zero-order valence-electron chi connectivity index (χ0n) is 10.5. The number of carboxylic acid groups (broad SMARTS) is 1. The molecule has 0 aliphatic carbocycles. The Hall–Kier alpha value is -1.80. The van der Waals surface area contributed by atoms with Gasteiger partial charge in [0.2, 0.25) is 0 Å². The van der Waals surface area contributed by atoms with Crippen molar-refractivity contribution >= 4 is 29.3 Å². The van der Waals surface area contributed by atoms with Crippen LogP contribution in [0.15, 0.2) is 27.1 Å². The van der Waals surface area contributed by atoms with Crippen molar-refractivity contribution in [2.24, 2.45) is 0 Å². The molecule has 9 heteroatoms. The summed E-state index contributed by atoms with van der Waals surface area (Å²) in [6.07, 6.45) is 0.752. The number of nitrogens with one attached hydrogen (secondary N) is 1. The van der Waals surface area contributed by atoms with E-state index in [4.69, 9.17) is 16.7 Å². The average molecular weight is 315 g/mol. The molecule has 0 saturated carbocycles. The molecule has 0 aliphatic heterocycles. The van der Waals surface area contributed by atoms with Crippen LogP contribution in [0.3, 0.4) is 0 Å². The lowest BCUT2D eigenvalue weighted by molar-refractivity contribution is 0.0692. The summed E-state index contributed by atoms with van der Waals surface area (Å²) in [5.74, 6) is -1.11. The highest BCUT2D eigenvalue weighted by atomic mass is 35.5. The zero-order valence-corrected chi connectivity index (χ0v) is 12.0. The van der Waals surface area contributed by atoms with Crippen molar-refractivity contribution in [1.82, 2.24) is 19.7 Å². The van der Waals surface area contributed by atoms with Crippen LogP contribution in [0.25, 0.3) is 0 Å². The lowest BCUT2D eigenvalue weighted by atomic mass is 10.3. The minimum Gasteiger partial charge on any atom is -0.478 e. The first kappa shape index (κ1) is 14.6. The lowest BCUT2D eigenvalue weighted by Crippen LogP contribution is -2.17. The minimum atomic E-state index is -1.11. The number of carboxylic acids is 1. The molecule has 20 heavy (non-hydrogen) atoms. The highest BCUT2D eigenvalue weighted by Crippen LogP contribution is 2.28. The van der Waals surface area contributed by atoms with Gasteiger partial charge in [0.05, 0.1) is 5.56 Å². The normalized spacial score (nSPS) is 10.7. The van der Waals surface area contributed by atoms with E-state index in [1.54, 1.807) is 0 Å². The second kappa shape index (κ2) is 6.10. The second-order valence-electron chi connectivity index (χ2n) is 3.86. The van der Waals surface area contributed by atoms with Gasteiger partial charge >= 0.3 is 11.7 Å². The van der Waals surface area contributed by atoms with Crippen LogP contribution in [0.5, 0.6) is 0 Å². The van der Waals surface area contributed by atoms with Crippen molar-refractivity contribution in [2.75, 3.05) is 0 Å². The molecule has 0 spiro atoms. The maximum Gasteiger partial charge on any atom is 0.343 e. The number of aromatic nitrogens is 4. The third-order valence-electron chi connectivity index (χ3n) is 2.42. The van der Waals surface area contributed by atoms with Gasteiger partial charge in [-0.25, -0.2) is 19.7 Å². The summed E-state index contributed by atoms with van der Waals surface area (Å²) in [4.78, 5) is 26.7. The van der Waals surface area contributed by atoms with Gasteiger partial charge in [-0.05, 0) is 30.3 Å². The molecule has 2 aromatic rings. The molecule has 0 atom stereocenters. The Bertz CT molecular complexity index is 697. The number of H-pyrrole nitrogens is 1. The van der Waals surface area contributed by atoms with Crippen molar-refractivity contribution in [3.05, 3.63) is 33.3 Å². The third kappa shape index (κ3) is 3.02. The Morgan fingerprint density at radius 2 is 2.30 bits per heavy atom. The van der Waals surface area contributed by atoms with Crippen LogP contribution in [0.4, 0.5) is 0 Å². The molecule has 0 fully saturated rings. The molecule has 0 bridgehead atoms. The fourth-order valence-electron chi connectivity index (χ4n) is 1.55. The van der Waals surface area contributed by atoms with Gasteiger partial charge in [0.1, 0.15) is 10.2 Å². The van der Waals surface area contributed by atoms with E-state index in [1.165, 1.54) is 16.7 Å². The maximum absolute atomic E-state index is 11.6. The van der Waals surface area contributed by atoms with Crippen LogP contribution in [-0.4, -0.2) is 30.8 Å². The third-order valence-corrected chi connectivity index (χ3v) is 3.62. The number of hydrogen-bond donors (Lipinski definition) is 2. The summed E-state index contributed by atoms with van der Waals surface area (Å²) < 4.78 is 1.43. The van der Waals surface area contributed by atoms with Crippen LogP contribution in [0, 0.1) is 0 Å². The zero-order chi connectivity index (χ0) is 14.7. The SMILES string of the molecule is CCCn1c(Sc2nc(Cl)ccc2C(=O)O)n[nH]c1=O. The first-order chi connectivity index (χ1) is 9.52. The molecule has 2 rings (SSSR count). The van der Waals surface area contributed by atoms with Gasteiger partial charge in [-0.3, -0.25) is 4.57 Å². The molecule has 0 aromatic carbocycles. The minimum absolute atomic E-state index is 0.0119. The van der Waals surface area contributed by atoms with Gasteiger partial charge in [-0.1, -0.05) is 18.5 Å². The molecule has 2 N–H and O–H groups in total. The number of pyridine rings is 1. The number of aromatic carboxylic acids is 1. The lowest BCUT2D eigenvalue weighted by Gasteiger charge is -2.06. The maximum atomic E-state index is 11.6. The van der Waals surface area contributed by atoms with Crippen molar-refractivity contribution in [3.8, 4) is 0 Å². The van der Waals surface area contributed by atoms with Gasteiger partial charge in [-0.15, -0.1) is 5.10 Å². The van der Waals surface area contributed by atoms with E-state index in [-0.39, 0.29) is 21.4 Å². The summed E-state index contributed by atoms with van der Waals surface area (Å²) in [7, 11) is 0. The Labute approximate surface area is 123 Å². The molecule has 0 radical (unpaired) electrons. The quantitative estimate of drug-likeness (QED) is 0.817. The molecule has 7 nitrogen and oxygen atoms in total. The van der Waals surface area contributed by atoms with E-state index < -0.39 is 5.97 Å². The molecule has 0 aliphatic rings. The summed E-state index contributed by atoms with van der Waals surface area (Å²) in [6, 6.07) is 2.77. The first-order valence-corrected chi connectivity index (χ1v) is 6.95. The molecule has 0 unspecified atom stereocenters. The summed E-state index contributed by atoms with van der Waals surface area (Å²) in [5, 5.41) is 16.1. The van der Waals surface area contributed by atoms with E-state index in [0.717, 1.165) is 18.2 Å². The van der Waals surface area contributed by atoms with Gasteiger partial charge in [0.25, 0.3) is 0 Å². The van der Waals surface area contributed by atoms with Gasteiger partial charge in [0, 0.05) is 6.54 Å². The molecular formula is C11H11ClN4O3S. The van der Waals surface area contributed by atoms with E-state index >= 15 is 0 Å². The predicted octanol–water partition coefficient (Wildman–Crippen LogP) is 1.88. The monoisotopic (exact) mass is 314 g/mol. The molecular weight excluding hydrogens is 304 g/mol. The molecule has 2 heterocycles. The predicted molar refractivity (Wildman–Crippen MR) is 73.5 cm³/mol. The van der Waals surface area contributed by atoms with Crippen molar-refractivity contribution in [3.63, 3.8) is 0 Å². The van der Waals surface area contributed by atoms with Crippen molar-refractivity contribution < 1.29 is 9.90 Å². The Morgan fingerprint density at radius 1 is 1.55 bits per heavy atom. The Morgan fingerprint density at radius 3 is 2.95 bits per heavy atom. The topological polar surface area (TPSA) is 101 Å². The highest BCUT2D eigenvalue weighted by Gasteiger charge is 2.17. The summed E-state index contributed by atoms with van der Waals surface area (Å²) in [5.41, 5.74) is -0.328. The number of aromatic amines is 1. The fraction of sp³-hybridized carbons (Fsp3) is 0.273. The fourth-order valence-corrected chi connectivity index (χ4v) is 2.70. The number of nitrogens with zero attached hydrogens (tertiary/aromatic N) is 3.